The van der Waals surface area contributed by atoms with Gasteiger partial charge in [0.15, 0.2) is 0 Å². The molecule has 0 radical (unpaired) electrons. The second-order valence-electron chi connectivity index (χ2n) is 4.98. The van der Waals surface area contributed by atoms with Gasteiger partial charge in [-0.05, 0) is 41.8 Å². The fourth-order valence-corrected chi connectivity index (χ4v) is 2.88. The van der Waals surface area contributed by atoms with Crippen LogP contribution < -0.4 is 11.4 Å². The number of rotatable bonds is 2. The molecule has 0 amide bonds. The molecule has 0 fully saturated rings. The first-order valence-electron chi connectivity index (χ1n) is 6.39. The Morgan fingerprint density at radius 3 is 2.52 bits per heavy atom. The molecule has 0 aliphatic heterocycles. The van der Waals surface area contributed by atoms with Gasteiger partial charge in [0.1, 0.15) is 5.82 Å². The minimum absolute atomic E-state index is 0.274. The molecule has 0 aliphatic rings. The van der Waals surface area contributed by atoms with Gasteiger partial charge in [0.25, 0.3) is 0 Å². The fraction of sp³-hybridized carbons (Fsp3) is 0.133. The Morgan fingerprint density at radius 1 is 1.19 bits per heavy atom. The number of hydrogen-bond donors (Lipinski definition) is 3. The highest BCUT2D eigenvalue weighted by Crippen LogP contribution is 2.30. The predicted octanol–water partition coefficient (Wildman–Crippen LogP) is 3.11. The molecule has 2 aromatic carbocycles. The molecule has 1 heterocycles. The molecule has 1 atom stereocenters. The lowest BCUT2D eigenvalue weighted by molar-refractivity contribution is 0.614. The van der Waals surface area contributed by atoms with Crippen LogP contribution in [0.4, 0.5) is 4.39 Å². The van der Waals surface area contributed by atoms with E-state index < -0.39 is 6.04 Å². The van der Waals surface area contributed by atoms with Crippen molar-refractivity contribution in [2.75, 3.05) is 0 Å². The Labute approximate surface area is 128 Å². The summed E-state index contributed by atoms with van der Waals surface area (Å²) in [7, 11) is 0. The van der Waals surface area contributed by atoms with Crippen LogP contribution in [0.15, 0.2) is 39.6 Å². The molecule has 0 spiro atoms. The van der Waals surface area contributed by atoms with Gasteiger partial charge in [0.2, 0.25) is 0 Å². The van der Waals surface area contributed by atoms with E-state index in [1.807, 2.05) is 0 Å². The van der Waals surface area contributed by atoms with Crippen molar-refractivity contribution in [3.8, 4) is 0 Å². The van der Waals surface area contributed by atoms with E-state index in [4.69, 9.17) is 5.73 Å². The van der Waals surface area contributed by atoms with Crippen molar-refractivity contribution in [3.63, 3.8) is 0 Å². The Bertz CT molecular complexity index is 884. The molecule has 0 saturated carbocycles. The van der Waals surface area contributed by atoms with Crippen molar-refractivity contribution in [3.05, 3.63) is 67.8 Å². The van der Waals surface area contributed by atoms with Crippen LogP contribution in [0, 0.1) is 12.7 Å². The summed E-state index contributed by atoms with van der Waals surface area (Å²) in [6, 6.07) is 8.04. The van der Waals surface area contributed by atoms with Gasteiger partial charge in [-0.15, -0.1) is 0 Å². The van der Waals surface area contributed by atoms with E-state index in [1.165, 1.54) is 6.07 Å². The van der Waals surface area contributed by atoms with Gasteiger partial charge < -0.3 is 15.7 Å². The molecule has 0 saturated heterocycles. The zero-order chi connectivity index (χ0) is 15.1. The third-order valence-corrected chi connectivity index (χ3v) is 4.21. The SMILES string of the molecule is Cc1ccc(C(N)c2cc3[nH]c(=O)[nH]c3cc2Br)cc1F. The van der Waals surface area contributed by atoms with Crippen molar-refractivity contribution in [2.24, 2.45) is 5.73 Å². The van der Waals surface area contributed by atoms with E-state index in [0.717, 1.165) is 10.0 Å². The van der Waals surface area contributed by atoms with Gasteiger partial charge in [-0.1, -0.05) is 28.1 Å². The van der Waals surface area contributed by atoms with Crippen LogP contribution in [-0.2, 0) is 0 Å². The molecular formula is C15H13BrFN3O. The van der Waals surface area contributed by atoms with Crippen LogP contribution in [0.2, 0.25) is 0 Å². The van der Waals surface area contributed by atoms with Crippen molar-refractivity contribution in [1.82, 2.24) is 9.97 Å². The Hall–Kier alpha value is -1.92. The Kier molecular flexibility index (Phi) is 3.43. The van der Waals surface area contributed by atoms with Crippen LogP contribution in [-0.4, -0.2) is 9.97 Å². The molecule has 4 N–H and O–H groups in total. The number of fused-ring (bicyclic) bond motifs is 1. The number of halogens is 2. The summed E-state index contributed by atoms with van der Waals surface area (Å²) in [6.07, 6.45) is 0. The second-order valence-corrected chi connectivity index (χ2v) is 5.84. The molecule has 108 valence electrons. The number of aryl methyl sites for hydroxylation is 1. The molecule has 3 aromatic rings. The maximum absolute atomic E-state index is 13.7. The van der Waals surface area contributed by atoms with Crippen molar-refractivity contribution in [2.45, 2.75) is 13.0 Å². The largest absolute Gasteiger partial charge is 0.323 e. The van der Waals surface area contributed by atoms with Crippen LogP contribution in [0.25, 0.3) is 11.0 Å². The number of aromatic nitrogens is 2. The quantitative estimate of drug-likeness (QED) is 0.664. The molecule has 4 nitrogen and oxygen atoms in total. The summed E-state index contributed by atoms with van der Waals surface area (Å²) in [5.74, 6) is -0.282. The first kappa shape index (κ1) is 14.0. The minimum Gasteiger partial charge on any atom is -0.320 e. The summed E-state index contributed by atoms with van der Waals surface area (Å²) in [6.45, 7) is 1.71. The number of aromatic amines is 2. The number of H-pyrrole nitrogens is 2. The van der Waals surface area contributed by atoms with Crippen LogP contribution in [0.3, 0.4) is 0 Å². The minimum atomic E-state index is -0.489. The van der Waals surface area contributed by atoms with Crippen molar-refractivity contribution in [1.29, 1.82) is 0 Å². The van der Waals surface area contributed by atoms with E-state index in [-0.39, 0.29) is 11.5 Å². The molecular weight excluding hydrogens is 337 g/mol. The number of nitrogens with one attached hydrogen (secondary N) is 2. The lowest BCUT2D eigenvalue weighted by atomic mass is 9.98. The zero-order valence-corrected chi connectivity index (χ0v) is 12.8. The highest BCUT2D eigenvalue weighted by molar-refractivity contribution is 9.10. The lowest BCUT2D eigenvalue weighted by Crippen LogP contribution is -2.13. The van der Waals surface area contributed by atoms with E-state index >= 15 is 0 Å². The van der Waals surface area contributed by atoms with Crippen molar-refractivity contribution >= 4 is 27.0 Å². The lowest BCUT2D eigenvalue weighted by Gasteiger charge is -2.15. The Balaban J connectivity index is 2.11. The maximum atomic E-state index is 13.7. The van der Waals surface area contributed by atoms with E-state index in [0.29, 0.717) is 22.2 Å². The molecule has 3 rings (SSSR count). The maximum Gasteiger partial charge on any atom is 0.323 e. The summed E-state index contributed by atoms with van der Waals surface area (Å²) in [4.78, 5) is 16.7. The first-order valence-corrected chi connectivity index (χ1v) is 7.18. The molecule has 0 aliphatic carbocycles. The third-order valence-electron chi connectivity index (χ3n) is 3.52. The zero-order valence-electron chi connectivity index (χ0n) is 11.2. The van der Waals surface area contributed by atoms with Crippen LogP contribution in [0.5, 0.6) is 0 Å². The van der Waals surface area contributed by atoms with Gasteiger partial charge >= 0.3 is 5.69 Å². The normalized spacial score (nSPS) is 12.8. The van der Waals surface area contributed by atoms with Crippen molar-refractivity contribution < 1.29 is 4.39 Å². The number of nitrogens with two attached hydrogens (primary N) is 1. The molecule has 21 heavy (non-hydrogen) atoms. The van der Waals surface area contributed by atoms with Gasteiger partial charge in [-0.25, -0.2) is 9.18 Å². The molecule has 1 aromatic heterocycles. The standard InChI is InChI=1S/C15H13BrFN3O/c1-7-2-3-8(4-11(7)17)14(18)9-5-12-13(6-10(9)16)20-15(21)19-12/h2-6,14H,18H2,1H3,(H2,19,20,21). The first-order chi connectivity index (χ1) is 9.95. The average Bonchev–Trinajstić information content (AvgIpc) is 2.79. The number of hydrogen-bond acceptors (Lipinski definition) is 2. The van der Waals surface area contributed by atoms with E-state index in [9.17, 15) is 9.18 Å². The van der Waals surface area contributed by atoms with Crippen LogP contribution >= 0.6 is 15.9 Å². The topological polar surface area (TPSA) is 74.7 Å². The number of benzene rings is 2. The second kappa shape index (κ2) is 5.13. The van der Waals surface area contributed by atoms with Gasteiger partial charge in [-0.3, -0.25) is 0 Å². The highest BCUT2D eigenvalue weighted by Gasteiger charge is 2.15. The van der Waals surface area contributed by atoms with Gasteiger partial charge in [0.05, 0.1) is 17.1 Å². The van der Waals surface area contributed by atoms with Gasteiger partial charge in [-0.2, -0.15) is 0 Å². The monoisotopic (exact) mass is 349 g/mol. The summed E-state index contributed by atoms with van der Waals surface area (Å²) >= 11 is 3.45. The molecule has 6 heteroatoms. The summed E-state index contributed by atoms with van der Waals surface area (Å²) in [5.41, 5.74) is 9.36. The van der Waals surface area contributed by atoms with Crippen LogP contribution in [0.1, 0.15) is 22.7 Å². The predicted molar refractivity (Wildman–Crippen MR) is 83.8 cm³/mol. The fourth-order valence-electron chi connectivity index (χ4n) is 2.29. The van der Waals surface area contributed by atoms with Gasteiger partial charge in [0, 0.05) is 4.47 Å². The Morgan fingerprint density at radius 2 is 1.86 bits per heavy atom. The smallest absolute Gasteiger partial charge is 0.320 e. The van der Waals surface area contributed by atoms with E-state index in [1.54, 1.807) is 31.2 Å². The van der Waals surface area contributed by atoms with E-state index in [2.05, 4.69) is 25.9 Å². The third kappa shape index (κ3) is 2.52. The average molecular weight is 350 g/mol. The summed E-state index contributed by atoms with van der Waals surface area (Å²) < 4.78 is 14.5. The molecule has 0 bridgehead atoms. The highest BCUT2D eigenvalue weighted by atomic mass is 79.9. The molecule has 1 unspecified atom stereocenters. The summed E-state index contributed by atoms with van der Waals surface area (Å²) in [5, 5.41) is 0. The number of imidazole rings is 1.